The second-order valence-electron chi connectivity index (χ2n) is 4.47. The molecular weight excluding hydrogens is 194 g/mol. The van der Waals surface area contributed by atoms with Crippen LogP contribution in [0.1, 0.15) is 32.1 Å². The number of nitrogens with zero attached hydrogens (tertiary/aromatic N) is 1. The Morgan fingerprint density at radius 1 is 1.40 bits per heavy atom. The Morgan fingerprint density at radius 3 is 2.87 bits per heavy atom. The maximum atomic E-state index is 11.8. The van der Waals surface area contributed by atoms with E-state index in [2.05, 4.69) is 0 Å². The van der Waals surface area contributed by atoms with Gasteiger partial charge in [-0.15, -0.1) is 0 Å². The summed E-state index contributed by atoms with van der Waals surface area (Å²) >= 11 is 0. The Bertz CT molecular complexity index is 226. The molecule has 0 aliphatic carbocycles. The van der Waals surface area contributed by atoms with Crippen molar-refractivity contribution in [2.45, 2.75) is 44.3 Å². The molecule has 2 saturated heterocycles. The maximum Gasteiger partial charge on any atom is 0.225 e. The van der Waals surface area contributed by atoms with E-state index >= 15 is 0 Å². The zero-order chi connectivity index (χ0) is 10.7. The highest BCUT2D eigenvalue weighted by atomic mass is 16.5. The number of likely N-dealkylation sites (tertiary alicyclic amines) is 1. The van der Waals surface area contributed by atoms with Gasteiger partial charge in [0.15, 0.2) is 0 Å². The minimum absolute atomic E-state index is 0.115. The highest BCUT2D eigenvalue weighted by Gasteiger charge is 2.27. The molecule has 0 spiro atoms. The van der Waals surface area contributed by atoms with Crippen molar-refractivity contribution in [3.8, 4) is 0 Å². The van der Waals surface area contributed by atoms with Crippen molar-refractivity contribution < 1.29 is 14.6 Å². The molecule has 4 nitrogen and oxygen atoms in total. The van der Waals surface area contributed by atoms with Crippen LogP contribution in [0.5, 0.6) is 0 Å². The largest absolute Gasteiger partial charge is 0.391 e. The molecule has 2 fully saturated rings. The number of ether oxygens (including phenoxy) is 1. The fourth-order valence-corrected chi connectivity index (χ4v) is 2.26. The zero-order valence-electron chi connectivity index (χ0n) is 9.02. The highest BCUT2D eigenvalue weighted by molar-refractivity contribution is 5.77. The SMILES string of the molecule is O=C(CC1CCCCO1)N1CCC(O)C1. The number of hydrogen-bond donors (Lipinski definition) is 1. The molecule has 0 bridgehead atoms. The normalized spacial score (nSPS) is 31.9. The third-order valence-corrected chi connectivity index (χ3v) is 3.19. The van der Waals surface area contributed by atoms with E-state index in [1.165, 1.54) is 6.42 Å². The van der Waals surface area contributed by atoms with E-state index in [0.717, 1.165) is 25.9 Å². The van der Waals surface area contributed by atoms with Gasteiger partial charge in [0.2, 0.25) is 5.91 Å². The monoisotopic (exact) mass is 213 g/mol. The van der Waals surface area contributed by atoms with Gasteiger partial charge >= 0.3 is 0 Å². The van der Waals surface area contributed by atoms with Crippen molar-refractivity contribution in [2.75, 3.05) is 19.7 Å². The van der Waals surface area contributed by atoms with Crippen LogP contribution in [-0.2, 0) is 9.53 Å². The van der Waals surface area contributed by atoms with E-state index in [1.54, 1.807) is 4.90 Å². The van der Waals surface area contributed by atoms with Gasteiger partial charge < -0.3 is 14.7 Å². The molecule has 1 N–H and O–H groups in total. The predicted octanol–water partition coefficient (Wildman–Crippen LogP) is 0.539. The summed E-state index contributed by atoms with van der Waals surface area (Å²) in [5.41, 5.74) is 0. The summed E-state index contributed by atoms with van der Waals surface area (Å²) in [5.74, 6) is 0.137. The molecule has 0 aromatic carbocycles. The number of carbonyl (C=O) groups is 1. The molecule has 1 amide bonds. The average Bonchev–Trinajstić information content (AvgIpc) is 2.66. The third-order valence-electron chi connectivity index (χ3n) is 3.19. The van der Waals surface area contributed by atoms with E-state index in [9.17, 15) is 9.90 Å². The van der Waals surface area contributed by atoms with E-state index in [1.807, 2.05) is 0 Å². The lowest BCUT2D eigenvalue weighted by atomic mass is 10.1. The molecule has 2 aliphatic rings. The van der Waals surface area contributed by atoms with Crippen LogP contribution in [0, 0.1) is 0 Å². The summed E-state index contributed by atoms with van der Waals surface area (Å²) in [6, 6.07) is 0. The summed E-state index contributed by atoms with van der Waals surface area (Å²) < 4.78 is 5.52. The van der Waals surface area contributed by atoms with Crippen molar-refractivity contribution in [1.29, 1.82) is 0 Å². The smallest absolute Gasteiger partial charge is 0.225 e. The Hall–Kier alpha value is -0.610. The molecule has 2 unspecified atom stereocenters. The van der Waals surface area contributed by atoms with Crippen LogP contribution in [0.3, 0.4) is 0 Å². The van der Waals surface area contributed by atoms with Gasteiger partial charge in [-0.3, -0.25) is 4.79 Å². The Morgan fingerprint density at radius 2 is 2.27 bits per heavy atom. The highest BCUT2D eigenvalue weighted by Crippen LogP contribution is 2.18. The van der Waals surface area contributed by atoms with Crippen LogP contribution >= 0.6 is 0 Å². The van der Waals surface area contributed by atoms with Crippen molar-refractivity contribution in [3.63, 3.8) is 0 Å². The number of aliphatic hydroxyl groups excluding tert-OH is 1. The van der Waals surface area contributed by atoms with Gasteiger partial charge in [-0.25, -0.2) is 0 Å². The quantitative estimate of drug-likeness (QED) is 0.728. The minimum atomic E-state index is -0.318. The molecule has 0 aromatic rings. The van der Waals surface area contributed by atoms with Crippen LogP contribution in [0.2, 0.25) is 0 Å². The van der Waals surface area contributed by atoms with Crippen LogP contribution in [-0.4, -0.2) is 47.8 Å². The number of hydrogen-bond acceptors (Lipinski definition) is 3. The summed E-state index contributed by atoms with van der Waals surface area (Å²) in [6.07, 6.45) is 4.30. The first-order valence-electron chi connectivity index (χ1n) is 5.83. The fraction of sp³-hybridized carbons (Fsp3) is 0.909. The van der Waals surface area contributed by atoms with Crippen molar-refractivity contribution in [2.24, 2.45) is 0 Å². The van der Waals surface area contributed by atoms with Gasteiger partial charge in [0.05, 0.1) is 18.6 Å². The number of β-amino-alcohol motifs (C(OH)–C–C–N with tert-alkyl or cyclic N) is 1. The second-order valence-corrected chi connectivity index (χ2v) is 4.47. The molecule has 2 rings (SSSR count). The fourth-order valence-electron chi connectivity index (χ4n) is 2.26. The number of aliphatic hydroxyl groups is 1. The number of carbonyl (C=O) groups excluding carboxylic acids is 1. The Labute approximate surface area is 90.2 Å². The topological polar surface area (TPSA) is 49.8 Å². The molecule has 15 heavy (non-hydrogen) atoms. The molecule has 0 saturated carbocycles. The first-order chi connectivity index (χ1) is 7.25. The van der Waals surface area contributed by atoms with Crippen LogP contribution in [0.25, 0.3) is 0 Å². The number of rotatable bonds is 2. The Balaban J connectivity index is 1.76. The molecule has 2 aliphatic heterocycles. The summed E-state index contributed by atoms with van der Waals surface area (Å²) in [7, 11) is 0. The molecule has 0 radical (unpaired) electrons. The van der Waals surface area contributed by atoms with Gasteiger partial charge in [0.25, 0.3) is 0 Å². The molecule has 2 heterocycles. The Kier molecular flexibility index (Phi) is 3.59. The van der Waals surface area contributed by atoms with E-state index in [0.29, 0.717) is 19.5 Å². The predicted molar refractivity (Wildman–Crippen MR) is 55.4 cm³/mol. The molecule has 86 valence electrons. The summed E-state index contributed by atoms with van der Waals surface area (Å²) in [4.78, 5) is 13.5. The first-order valence-corrected chi connectivity index (χ1v) is 5.83. The third kappa shape index (κ3) is 2.92. The molecular formula is C11H19NO3. The maximum absolute atomic E-state index is 11.8. The molecule has 0 aromatic heterocycles. The lowest BCUT2D eigenvalue weighted by molar-refractivity contribution is -0.134. The lowest BCUT2D eigenvalue weighted by Gasteiger charge is -2.24. The van der Waals surface area contributed by atoms with Gasteiger partial charge in [-0.1, -0.05) is 0 Å². The van der Waals surface area contributed by atoms with Crippen LogP contribution in [0.15, 0.2) is 0 Å². The second kappa shape index (κ2) is 4.94. The standard InChI is InChI=1S/C11H19NO3/c13-9-4-5-12(8-9)11(14)7-10-3-1-2-6-15-10/h9-10,13H,1-8H2. The van der Waals surface area contributed by atoms with Gasteiger partial charge in [-0.05, 0) is 25.7 Å². The summed E-state index contributed by atoms with van der Waals surface area (Å²) in [6.45, 7) is 2.00. The van der Waals surface area contributed by atoms with E-state index in [4.69, 9.17) is 4.74 Å². The average molecular weight is 213 g/mol. The van der Waals surface area contributed by atoms with E-state index in [-0.39, 0.29) is 18.1 Å². The lowest BCUT2D eigenvalue weighted by Crippen LogP contribution is -2.33. The van der Waals surface area contributed by atoms with E-state index < -0.39 is 0 Å². The van der Waals surface area contributed by atoms with Crippen molar-refractivity contribution in [1.82, 2.24) is 4.90 Å². The van der Waals surface area contributed by atoms with Crippen molar-refractivity contribution in [3.05, 3.63) is 0 Å². The summed E-state index contributed by atoms with van der Waals surface area (Å²) in [5, 5.41) is 9.33. The first kappa shape index (κ1) is 10.9. The van der Waals surface area contributed by atoms with Crippen molar-refractivity contribution >= 4 is 5.91 Å². The van der Waals surface area contributed by atoms with Gasteiger partial charge in [0.1, 0.15) is 0 Å². The minimum Gasteiger partial charge on any atom is -0.391 e. The number of amides is 1. The molecule has 2 atom stereocenters. The molecule has 4 heteroatoms. The van der Waals surface area contributed by atoms with Gasteiger partial charge in [-0.2, -0.15) is 0 Å². The van der Waals surface area contributed by atoms with Crippen LogP contribution < -0.4 is 0 Å². The van der Waals surface area contributed by atoms with Gasteiger partial charge in [0, 0.05) is 19.7 Å². The zero-order valence-corrected chi connectivity index (χ0v) is 9.02. The van der Waals surface area contributed by atoms with Crippen LogP contribution in [0.4, 0.5) is 0 Å².